The van der Waals surface area contributed by atoms with Crippen molar-refractivity contribution in [2.75, 3.05) is 19.6 Å². The summed E-state index contributed by atoms with van der Waals surface area (Å²) in [5.41, 5.74) is 0.624. The van der Waals surface area contributed by atoms with Crippen molar-refractivity contribution in [3.63, 3.8) is 0 Å². The highest BCUT2D eigenvalue weighted by Crippen LogP contribution is 2.31. The zero-order valence-electron chi connectivity index (χ0n) is 18.5. The molecule has 2 heterocycles. The second-order valence-corrected chi connectivity index (χ2v) is 8.46. The zero-order valence-corrected chi connectivity index (χ0v) is 19.2. The lowest BCUT2D eigenvalue weighted by Gasteiger charge is -2.35. The molecular weight excluding hydrogens is 459 g/mol. The van der Waals surface area contributed by atoms with E-state index in [1.807, 2.05) is 6.07 Å². The van der Waals surface area contributed by atoms with E-state index < -0.39 is 17.8 Å². The molecule has 0 radical (unpaired) electrons. The molecule has 2 aromatic carbocycles. The maximum Gasteiger partial charge on any atom is 0.257 e. The van der Waals surface area contributed by atoms with Crippen LogP contribution in [0.4, 0.5) is 4.39 Å². The minimum Gasteiger partial charge on any atom is -0.337 e. The molecule has 0 N–H and O–H groups in total. The van der Waals surface area contributed by atoms with Gasteiger partial charge in [-0.3, -0.25) is 9.59 Å². The van der Waals surface area contributed by atoms with Crippen LogP contribution >= 0.6 is 11.6 Å². The zero-order chi connectivity index (χ0) is 24.1. The van der Waals surface area contributed by atoms with Crippen LogP contribution in [0, 0.1) is 5.82 Å². The van der Waals surface area contributed by atoms with Crippen molar-refractivity contribution in [2.45, 2.75) is 25.3 Å². The highest BCUT2D eigenvalue weighted by atomic mass is 35.5. The lowest BCUT2D eigenvalue weighted by atomic mass is 10.0. The number of halogens is 2. The van der Waals surface area contributed by atoms with E-state index in [9.17, 15) is 14.0 Å². The average Bonchev–Trinajstić information content (AvgIpc) is 3.34. The number of benzene rings is 2. The number of likely N-dealkylation sites (tertiary alicyclic amines) is 1. The van der Waals surface area contributed by atoms with Crippen molar-refractivity contribution in [3.05, 3.63) is 83.5 Å². The van der Waals surface area contributed by atoms with Gasteiger partial charge in [0.25, 0.3) is 5.91 Å². The van der Waals surface area contributed by atoms with Crippen LogP contribution < -0.4 is 0 Å². The Bertz CT molecular complexity index is 1200. The molecule has 1 fully saturated rings. The van der Waals surface area contributed by atoms with Gasteiger partial charge in [0.15, 0.2) is 0 Å². The highest BCUT2D eigenvalue weighted by molar-refractivity contribution is 6.30. The van der Waals surface area contributed by atoms with Crippen molar-refractivity contribution in [1.29, 1.82) is 0 Å². The first-order valence-electron chi connectivity index (χ1n) is 11.0. The van der Waals surface area contributed by atoms with Gasteiger partial charge >= 0.3 is 0 Å². The molecule has 0 bridgehead atoms. The number of piperidine rings is 1. The van der Waals surface area contributed by atoms with Gasteiger partial charge in [-0.25, -0.2) is 4.39 Å². The molecule has 4 rings (SSSR count). The molecule has 3 aromatic rings. The molecule has 0 saturated carbocycles. The van der Waals surface area contributed by atoms with Crippen molar-refractivity contribution in [3.8, 4) is 11.4 Å². The van der Waals surface area contributed by atoms with Crippen LogP contribution in [0.2, 0.25) is 5.02 Å². The lowest BCUT2D eigenvalue weighted by Crippen LogP contribution is -2.46. The quantitative estimate of drug-likeness (QED) is 0.447. The van der Waals surface area contributed by atoms with E-state index in [4.69, 9.17) is 16.1 Å². The summed E-state index contributed by atoms with van der Waals surface area (Å²) in [6.45, 7) is 4.05. The summed E-state index contributed by atoms with van der Waals surface area (Å²) in [4.78, 5) is 33.7. The fourth-order valence-electron chi connectivity index (χ4n) is 4.04. The molecule has 0 spiro atoms. The van der Waals surface area contributed by atoms with Gasteiger partial charge in [-0.2, -0.15) is 4.98 Å². The van der Waals surface area contributed by atoms with Crippen LogP contribution in [0.25, 0.3) is 11.4 Å². The Morgan fingerprint density at radius 2 is 2.06 bits per heavy atom. The first-order valence-corrected chi connectivity index (χ1v) is 11.4. The van der Waals surface area contributed by atoms with Crippen molar-refractivity contribution in [2.24, 2.45) is 0 Å². The van der Waals surface area contributed by atoms with E-state index >= 15 is 0 Å². The van der Waals surface area contributed by atoms with Crippen LogP contribution in [-0.2, 0) is 4.79 Å². The minimum absolute atomic E-state index is 0.0876. The van der Waals surface area contributed by atoms with Crippen LogP contribution in [0.15, 0.2) is 65.7 Å². The summed E-state index contributed by atoms with van der Waals surface area (Å²) in [6, 6.07) is 12.4. The van der Waals surface area contributed by atoms with Crippen LogP contribution in [-0.4, -0.2) is 51.4 Å². The number of rotatable bonds is 7. The summed E-state index contributed by atoms with van der Waals surface area (Å²) < 4.78 is 19.7. The van der Waals surface area contributed by atoms with Gasteiger partial charge in [-0.05, 0) is 43.5 Å². The standard InChI is InChI=1S/C25H24ClFN4O3/c1-2-13-30(25(33)19-10-3-4-11-20(19)27)16-22(32)31-14-6-5-12-21(31)24-28-23(29-34-24)17-8-7-9-18(26)15-17/h2-4,7-11,15,21H,1,5-6,12-14,16H2. The molecule has 1 atom stereocenters. The molecule has 34 heavy (non-hydrogen) atoms. The smallest absolute Gasteiger partial charge is 0.257 e. The van der Waals surface area contributed by atoms with Gasteiger partial charge in [0.2, 0.25) is 17.6 Å². The number of hydrogen-bond donors (Lipinski definition) is 0. The highest BCUT2D eigenvalue weighted by Gasteiger charge is 2.33. The molecule has 1 aromatic heterocycles. The summed E-state index contributed by atoms with van der Waals surface area (Å²) in [6.07, 6.45) is 3.88. The fourth-order valence-corrected chi connectivity index (χ4v) is 4.23. The van der Waals surface area contributed by atoms with Gasteiger partial charge in [0.1, 0.15) is 18.4 Å². The number of hydrogen-bond acceptors (Lipinski definition) is 5. The topological polar surface area (TPSA) is 79.5 Å². The summed E-state index contributed by atoms with van der Waals surface area (Å²) >= 11 is 6.07. The van der Waals surface area contributed by atoms with Crippen molar-refractivity contribution < 1.29 is 18.5 Å². The van der Waals surface area contributed by atoms with E-state index in [2.05, 4.69) is 16.7 Å². The Hall–Kier alpha value is -3.52. The van der Waals surface area contributed by atoms with E-state index in [-0.39, 0.29) is 24.6 Å². The van der Waals surface area contributed by atoms with Gasteiger partial charge in [0, 0.05) is 23.7 Å². The number of aromatic nitrogens is 2. The minimum atomic E-state index is -0.635. The van der Waals surface area contributed by atoms with Gasteiger partial charge < -0.3 is 14.3 Å². The normalized spacial score (nSPS) is 15.7. The van der Waals surface area contributed by atoms with Crippen LogP contribution in [0.3, 0.4) is 0 Å². The van der Waals surface area contributed by atoms with Crippen molar-refractivity contribution >= 4 is 23.4 Å². The predicted octanol–water partition coefficient (Wildman–Crippen LogP) is 4.91. The molecule has 2 amide bonds. The molecule has 176 valence electrons. The van der Waals surface area contributed by atoms with Crippen molar-refractivity contribution in [1.82, 2.24) is 19.9 Å². The third-order valence-corrected chi connectivity index (χ3v) is 5.93. The third-order valence-electron chi connectivity index (χ3n) is 5.70. The lowest BCUT2D eigenvalue weighted by molar-refractivity contribution is -0.136. The monoisotopic (exact) mass is 482 g/mol. The number of nitrogens with zero attached hydrogens (tertiary/aromatic N) is 4. The molecular formula is C25H24ClFN4O3. The second kappa shape index (κ2) is 10.6. The molecule has 1 aliphatic rings. The Balaban J connectivity index is 1.53. The van der Waals surface area contributed by atoms with Gasteiger partial charge in [0.05, 0.1) is 5.56 Å². The van der Waals surface area contributed by atoms with Crippen LogP contribution in [0.5, 0.6) is 0 Å². The van der Waals surface area contributed by atoms with E-state index in [1.54, 1.807) is 29.2 Å². The molecule has 1 saturated heterocycles. The predicted molar refractivity (Wildman–Crippen MR) is 126 cm³/mol. The van der Waals surface area contributed by atoms with E-state index in [1.165, 1.54) is 29.2 Å². The van der Waals surface area contributed by atoms with Gasteiger partial charge in [-0.1, -0.05) is 47.1 Å². The molecule has 7 nitrogen and oxygen atoms in total. The molecule has 1 unspecified atom stereocenters. The Labute approximate surface area is 201 Å². The number of carbonyl (C=O) groups excluding carboxylic acids is 2. The molecule has 9 heteroatoms. The SMILES string of the molecule is C=CCN(CC(=O)N1CCCCC1c1nc(-c2cccc(Cl)c2)no1)C(=O)c1ccccc1F. The number of carbonyl (C=O) groups is 2. The first kappa shape index (κ1) is 23.6. The molecule has 1 aliphatic heterocycles. The van der Waals surface area contributed by atoms with E-state index in [0.29, 0.717) is 35.3 Å². The first-order chi connectivity index (χ1) is 16.5. The Morgan fingerprint density at radius 1 is 1.24 bits per heavy atom. The molecule has 0 aliphatic carbocycles. The third kappa shape index (κ3) is 5.17. The largest absolute Gasteiger partial charge is 0.337 e. The fraction of sp³-hybridized carbons (Fsp3) is 0.280. The van der Waals surface area contributed by atoms with Gasteiger partial charge in [-0.15, -0.1) is 6.58 Å². The summed E-state index contributed by atoms with van der Waals surface area (Å²) in [5.74, 6) is -0.763. The maximum atomic E-state index is 14.2. The summed E-state index contributed by atoms with van der Waals surface area (Å²) in [7, 11) is 0. The van der Waals surface area contributed by atoms with E-state index in [0.717, 1.165) is 12.8 Å². The maximum absolute atomic E-state index is 14.2. The average molecular weight is 483 g/mol. The van der Waals surface area contributed by atoms with Crippen LogP contribution in [0.1, 0.15) is 41.6 Å². The number of amides is 2. The summed E-state index contributed by atoms with van der Waals surface area (Å²) in [5, 5.41) is 4.62. The Kier molecular flexibility index (Phi) is 7.37. The Morgan fingerprint density at radius 3 is 2.82 bits per heavy atom. The second-order valence-electron chi connectivity index (χ2n) is 8.02.